The Hall–Kier alpha value is -0.360. The van der Waals surface area contributed by atoms with Gasteiger partial charge in [0.25, 0.3) is 0 Å². The summed E-state index contributed by atoms with van der Waals surface area (Å²) in [6.07, 6.45) is 0. The van der Waals surface area contributed by atoms with E-state index in [-0.39, 0.29) is 21.8 Å². The van der Waals surface area contributed by atoms with E-state index in [1.807, 2.05) is 0 Å². The highest BCUT2D eigenvalue weighted by Gasteiger charge is 2.21. The third-order valence-electron chi connectivity index (χ3n) is 3.41. The standard InChI is InChI=1S/C18H22NS4/c1-3-7-17(8-4-1)23(18-9-5-2-6-10-18)19-22-15-13-20-11-12-21-14-16-22/h1-10H,11-16H2/q+1. The van der Waals surface area contributed by atoms with Crippen molar-refractivity contribution in [3.8, 4) is 0 Å². The molecule has 1 heterocycles. The van der Waals surface area contributed by atoms with Gasteiger partial charge in [0.15, 0.2) is 0 Å². The molecule has 0 radical (unpaired) electrons. The number of benzene rings is 2. The first kappa shape index (κ1) is 17.5. The minimum absolute atomic E-state index is 0.149. The molecule has 1 nitrogen and oxygen atoms in total. The number of thioether (sulfide) groups is 2. The van der Waals surface area contributed by atoms with E-state index in [2.05, 4.69) is 84.2 Å². The molecular formula is C18H22NS4+. The Morgan fingerprint density at radius 2 is 1.17 bits per heavy atom. The second-order valence-corrected chi connectivity index (χ2v) is 11.4. The van der Waals surface area contributed by atoms with Crippen LogP contribution in [0.15, 0.2) is 74.2 Å². The van der Waals surface area contributed by atoms with Crippen molar-refractivity contribution in [1.29, 1.82) is 0 Å². The van der Waals surface area contributed by atoms with Gasteiger partial charge in [-0.1, -0.05) is 36.4 Å². The van der Waals surface area contributed by atoms with Crippen LogP contribution < -0.4 is 0 Å². The summed E-state index contributed by atoms with van der Waals surface area (Å²) in [5, 5.41) is 0. The molecule has 122 valence electrons. The highest BCUT2D eigenvalue weighted by molar-refractivity contribution is 8.07. The number of rotatable bonds is 3. The number of nitrogens with zero attached hydrogens (tertiary/aromatic N) is 1. The fourth-order valence-electron chi connectivity index (χ4n) is 2.24. The van der Waals surface area contributed by atoms with Crippen LogP contribution in [0, 0.1) is 0 Å². The zero-order valence-electron chi connectivity index (χ0n) is 13.1. The molecule has 1 aliphatic rings. The molecule has 2 aromatic carbocycles. The van der Waals surface area contributed by atoms with Crippen molar-refractivity contribution in [2.45, 2.75) is 9.79 Å². The smallest absolute Gasteiger partial charge is 0.145 e. The molecule has 3 rings (SSSR count). The highest BCUT2D eigenvalue weighted by Crippen LogP contribution is 2.22. The van der Waals surface area contributed by atoms with Crippen LogP contribution in [-0.4, -0.2) is 34.5 Å². The van der Waals surface area contributed by atoms with Crippen LogP contribution in [0.5, 0.6) is 0 Å². The summed E-state index contributed by atoms with van der Waals surface area (Å²) in [5.41, 5.74) is 0. The van der Waals surface area contributed by atoms with Crippen LogP contribution >= 0.6 is 23.5 Å². The lowest BCUT2D eigenvalue weighted by atomic mass is 10.4. The lowest BCUT2D eigenvalue weighted by Gasteiger charge is -2.08. The SMILES string of the molecule is c1ccc(S(=N[S+]2CCSCCSCC2)c2ccccc2)cc1. The molecule has 0 atom stereocenters. The maximum absolute atomic E-state index is 5.35. The molecule has 2 aromatic rings. The molecule has 0 unspecified atom stereocenters. The van der Waals surface area contributed by atoms with Crippen molar-refractivity contribution >= 4 is 45.3 Å². The summed E-state index contributed by atoms with van der Waals surface area (Å²) in [7, 11) is -0.149. The molecule has 1 fully saturated rings. The van der Waals surface area contributed by atoms with Gasteiger partial charge in [-0.2, -0.15) is 23.5 Å². The lowest BCUT2D eigenvalue weighted by molar-refractivity contribution is 1.38. The van der Waals surface area contributed by atoms with E-state index in [0.29, 0.717) is 0 Å². The summed E-state index contributed by atoms with van der Waals surface area (Å²) in [4.78, 5) is 2.68. The second-order valence-electron chi connectivity index (χ2n) is 5.08. The van der Waals surface area contributed by atoms with Crippen LogP contribution in [-0.2, 0) is 21.8 Å². The average Bonchev–Trinajstić information content (AvgIpc) is 2.75. The molecule has 0 aromatic heterocycles. The van der Waals surface area contributed by atoms with E-state index >= 15 is 0 Å². The zero-order valence-corrected chi connectivity index (χ0v) is 16.4. The molecule has 0 aliphatic carbocycles. The second kappa shape index (κ2) is 9.82. The monoisotopic (exact) mass is 380 g/mol. The van der Waals surface area contributed by atoms with Gasteiger partial charge in [0, 0.05) is 43.5 Å². The average molecular weight is 381 g/mol. The van der Waals surface area contributed by atoms with Gasteiger partial charge in [-0.15, -0.1) is 0 Å². The maximum Gasteiger partial charge on any atom is 0.145 e. The van der Waals surface area contributed by atoms with Gasteiger partial charge in [0.05, 0.1) is 0 Å². The van der Waals surface area contributed by atoms with E-state index in [4.69, 9.17) is 3.77 Å². The van der Waals surface area contributed by atoms with Gasteiger partial charge in [-0.25, -0.2) is 0 Å². The van der Waals surface area contributed by atoms with E-state index < -0.39 is 0 Å². The van der Waals surface area contributed by atoms with Crippen molar-refractivity contribution < 1.29 is 0 Å². The van der Waals surface area contributed by atoms with Crippen LogP contribution in [0.25, 0.3) is 0 Å². The van der Waals surface area contributed by atoms with Crippen molar-refractivity contribution in [3.05, 3.63) is 60.7 Å². The summed E-state index contributed by atoms with van der Waals surface area (Å²) >= 11 is 4.37. The Kier molecular flexibility index (Phi) is 7.46. The molecule has 0 amide bonds. The third kappa shape index (κ3) is 5.59. The topological polar surface area (TPSA) is 12.4 Å². The summed E-state index contributed by atoms with van der Waals surface area (Å²) < 4.78 is 5.35. The Bertz CT molecular complexity index is 564. The molecule has 5 heteroatoms. The first-order valence-corrected chi connectivity index (χ1v) is 12.8. The zero-order chi connectivity index (χ0) is 15.7. The summed E-state index contributed by atoms with van der Waals surface area (Å²) in [5.74, 6) is 7.60. The molecule has 1 saturated heterocycles. The molecule has 0 bridgehead atoms. The van der Waals surface area contributed by atoms with E-state index in [9.17, 15) is 0 Å². The van der Waals surface area contributed by atoms with Crippen molar-refractivity contribution in [1.82, 2.24) is 0 Å². The number of hydrogen-bond acceptors (Lipinski definition) is 3. The fraction of sp³-hybridized carbons (Fsp3) is 0.333. The van der Waals surface area contributed by atoms with Gasteiger partial charge in [0.1, 0.15) is 22.6 Å². The first-order chi connectivity index (χ1) is 11.4. The largest absolute Gasteiger partial charge is 0.156 e. The van der Waals surface area contributed by atoms with Crippen molar-refractivity contribution in [3.63, 3.8) is 0 Å². The van der Waals surface area contributed by atoms with E-state index in [0.717, 1.165) is 0 Å². The third-order valence-corrected chi connectivity index (χ3v) is 10.4. The molecular weight excluding hydrogens is 358 g/mol. The molecule has 0 spiro atoms. The molecule has 23 heavy (non-hydrogen) atoms. The fourth-order valence-corrected chi connectivity index (χ4v) is 9.50. The van der Waals surface area contributed by atoms with Gasteiger partial charge < -0.3 is 0 Å². The van der Waals surface area contributed by atoms with Gasteiger partial charge in [-0.3, -0.25) is 0 Å². The van der Waals surface area contributed by atoms with E-state index in [1.165, 1.54) is 44.3 Å². The lowest BCUT2D eigenvalue weighted by Crippen LogP contribution is -2.13. The van der Waals surface area contributed by atoms with Gasteiger partial charge in [0.2, 0.25) is 0 Å². The molecule has 0 N–H and O–H groups in total. The van der Waals surface area contributed by atoms with Crippen LogP contribution in [0.1, 0.15) is 0 Å². The molecule has 1 aliphatic heterocycles. The Morgan fingerprint density at radius 3 is 1.65 bits per heavy atom. The first-order valence-electron chi connectivity index (χ1n) is 7.83. The predicted octanol–water partition coefficient (Wildman–Crippen LogP) is 4.92. The van der Waals surface area contributed by atoms with Crippen LogP contribution in [0.4, 0.5) is 0 Å². The number of hydrogen-bond donors (Lipinski definition) is 0. The minimum atomic E-state index is -0.149. The van der Waals surface area contributed by atoms with E-state index in [1.54, 1.807) is 0 Å². The van der Waals surface area contributed by atoms with Crippen molar-refractivity contribution in [2.75, 3.05) is 34.5 Å². The van der Waals surface area contributed by atoms with Crippen LogP contribution in [0.3, 0.4) is 0 Å². The maximum atomic E-state index is 5.35. The normalized spacial score (nSPS) is 17.3. The Morgan fingerprint density at radius 1 is 0.696 bits per heavy atom. The summed E-state index contributed by atoms with van der Waals surface area (Å²) in [6.45, 7) is 0. The summed E-state index contributed by atoms with van der Waals surface area (Å²) in [6, 6.07) is 21.6. The predicted molar refractivity (Wildman–Crippen MR) is 111 cm³/mol. The van der Waals surface area contributed by atoms with Gasteiger partial charge >= 0.3 is 0 Å². The van der Waals surface area contributed by atoms with Crippen LogP contribution in [0.2, 0.25) is 0 Å². The Labute approximate surface area is 153 Å². The Balaban J connectivity index is 1.90. The van der Waals surface area contributed by atoms with Crippen molar-refractivity contribution in [2.24, 2.45) is 3.77 Å². The quantitative estimate of drug-likeness (QED) is 0.701. The van der Waals surface area contributed by atoms with Gasteiger partial charge in [-0.05, 0) is 28.0 Å². The highest BCUT2D eigenvalue weighted by atomic mass is 32.2. The molecule has 0 saturated carbocycles. The minimum Gasteiger partial charge on any atom is -0.156 e.